The highest BCUT2D eigenvalue weighted by Gasteiger charge is 2.36. The van der Waals surface area contributed by atoms with E-state index in [1.807, 2.05) is 0 Å². The number of benzene rings is 1. The molecule has 1 atom stereocenters. The molecule has 0 saturated carbocycles. The standard InChI is InChI=1S/C10H6F4O/c1-15-10-6-4(7(12)9(10)14)2-3-5(11)8(6)13/h2-3,10H,1H3. The van der Waals surface area contributed by atoms with E-state index in [4.69, 9.17) is 0 Å². The quantitative estimate of drug-likeness (QED) is 0.657. The molecule has 1 aromatic carbocycles. The first kappa shape index (κ1) is 10.2. The maximum absolute atomic E-state index is 13.3. The van der Waals surface area contributed by atoms with Crippen molar-refractivity contribution in [1.82, 2.24) is 0 Å². The van der Waals surface area contributed by atoms with Crippen molar-refractivity contribution < 1.29 is 22.3 Å². The van der Waals surface area contributed by atoms with Crippen LogP contribution in [0.25, 0.3) is 5.83 Å². The van der Waals surface area contributed by atoms with Crippen molar-refractivity contribution >= 4 is 5.83 Å². The molecule has 1 aliphatic rings. The van der Waals surface area contributed by atoms with Crippen LogP contribution in [0.1, 0.15) is 17.2 Å². The lowest BCUT2D eigenvalue weighted by Crippen LogP contribution is -2.03. The van der Waals surface area contributed by atoms with E-state index in [1.165, 1.54) is 0 Å². The zero-order chi connectivity index (χ0) is 11.2. The number of rotatable bonds is 1. The van der Waals surface area contributed by atoms with Crippen LogP contribution in [0, 0.1) is 11.6 Å². The SMILES string of the molecule is COC1C(F)=C(F)c2ccc(F)c(F)c21. The summed E-state index contributed by atoms with van der Waals surface area (Å²) >= 11 is 0. The van der Waals surface area contributed by atoms with Gasteiger partial charge in [0.2, 0.25) is 0 Å². The van der Waals surface area contributed by atoms with Gasteiger partial charge in [0.1, 0.15) is 6.10 Å². The van der Waals surface area contributed by atoms with Crippen molar-refractivity contribution in [2.24, 2.45) is 0 Å². The molecule has 5 heteroatoms. The summed E-state index contributed by atoms with van der Waals surface area (Å²) < 4.78 is 57.1. The number of ether oxygens (including phenoxy) is 1. The van der Waals surface area contributed by atoms with E-state index in [0.717, 1.165) is 19.2 Å². The zero-order valence-corrected chi connectivity index (χ0v) is 7.65. The van der Waals surface area contributed by atoms with Gasteiger partial charge in [-0.05, 0) is 12.1 Å². The molecule has 0 aliphatic heterocycles. The monoisotopic (exact) mass is 218 g/mol. The van der Waals surface area contributed by atoms with Gasteiger partial charge in [0.15, 0.2) is 23.3 Å². The summed E-state index contributed by atoms with van der Waals surface area (Å²) in [7, 11) is 1.09. The number of methoxy groups -OCH3 is 1. The summed E-state index contributed by atoms with van der Waals surface area (Å²) in [5.41, 5.74) is -0.717. The van der Waals surface area contributed by atoms with Gasteiger partial charge >= 0.3 is 0 Å². The number of hydrogen-bond donors (Lipinski definition) is 0. The van der Waals surface area contributed by atoms with Crippen LogP contribution in [-0.4, -0.2) is 7.11 Å². The highest BCUT2D eigenvalue weighted by Crippen LogP contribution is 2.45. The minimum Gasteiger partial charge on any atom is -0.369 e. The molecular weight excluding hydrogens is 212 g/mol. The molecule has 1 aromatic rings. The van der Waals surface area contributed by atoms with Gasteiger partial charge < -0.3 is 4.74 Å². The van der Waals surface area contributed by atoms with Gasteiger partial charge in [-0.2, -0.15) is 0 Å². The van der Waals surface area contributed by atoms with Gasteiger partial charge in [0, 0.05) is 18.2 Å². The van der Waals surface area contributed by atoms with E-state index >= 15 is 0 Å². The maximum atomic E-state index is 13.3. The lowest BCUT2D eigenvalue weighted by atomic mass is 10.1. The molecule has 1 aliphatic carbocycles. The Kier molecular flexibility index (Phi) is 2.26. The average Bonchev–Trinajstić information content (AvgIpc) is 2.47. The highest BCUT2D eigenvalue weighted by atomic mass is 19.2. The molecular formula is C10H6F4O. The second-order valence-electron chi connectivity index (χ2n) is 3.10. The molecule has 0 amide bonds. The molecule has 1 nitrogen and oxygen atoms in total. The Hall–Kier alpha value is -1.36. The van der Waals surface area contributed by atoms with E-state index in [0.29, 0.717) is 0 Å². The normalized spacial score (nSPS) is 19.7. The van der Waals surface area contributed by atoms with Crippen LogP contribution in [0.2, 0.25) is 0 Å². The molecule has 80 valence electrons. The number of fused-ring (bicyclic) bond motifs is 1. The molecule has 0 bridgehead atoms. The van der Waals surface area contributed by atoms with Crippen LogP contribution in [0.5, 0.6) is 0 Å². The Morgan fingerprint density at radius 2 is 1.80 bits per heavy atom. The topological polar surface area (TPSA) is 9.23 Å². The molecule has 0 N–H and O–H groups in total. The van der Waals surface area contributed by atoms with E-state index < -0.39 is 35.0 Å². The Morgan fingerprint density at radius 1 is 1.13 bits per heavy atom. The predicted molar refractivity (Wildman–Crippen MR) is 45.2 cm³/mol. The summed E-state index contributed by atoms with van der Waals surface area (Å²) in [6, 6.07) is 1.74. The summed E-state index contributed by atoms with van der Waals surface area (Å²) in [6.07, 6.45) is -1.49. The zero-order valence-electron chi connectivity index (χ0n) is 7.65. The lowest BCUT2D eigenvalue weighted by molar-refractivity contribution is 0.112. The minimum absolute atomic E-state index is 0.293. The lowest BCUT2D eigenvalue weighted by Gasteiger charge is -2.10. The van der Waals surface area contributed by atoms with E-state index in [2.05, 4.69) is 4.74 Å². The Balaban J connectivity index is 2.69. The molecule has 15 heavy (non-hydrogen) atoms. The number of halogens is 4. The van der Waals surface area contributed by atoms with E-state index in [1.54, 1.807) is 0 Å². The minimum atomic E-state index is -1.49. The third-order valence-corrected chi connectivity index (χ3v) is 2.31. The third-order valence-electron chi connectivity index (χ3n) is 2.31. The summed E-state index contributed by atoms with van der Waals surface area (Å²) in [6.45, 7) is 0. The molecule has 0 radical (unpaired) electrons. The largest absolute Gasteiger partial charge is 0.369 e. The molecule has 0 spiro atoms. The van der Waals surface area contributed by atoms with Gasteiger partial charge in [0.05, 0.1) is 0 Å². The number of hydrogen-bond acceptors (Lipinski definition) is 1. The van der Waals surface area contributed by atoms with E-state index in [-0.39, 0.29) is 5.56 Å². The summed E-state index contributed by atoms with van der Waals surface area (Å²) in [4.78, 5) is 0. The van der Waals surface area contributed by atoms with Gasteiger partial charge in [-0.3, -0.25) is 0 Å². The van der Waals surface area contributed by atoms with Crippen molar-refractivity contribution in [2.45, 2.75) is 6.10 Å². The molecule has 0 aromatic heterocycles. The molecule has 0 heterocycles. The first-order valence-electron chi connectivity index (χ1n) is 4.14. The van der Waals surface area contributed by atoms with Crippen LogP contribution in [-0.2, 0) is 4.74 Å². The maximum Gasteiger partial charge on any atom is 0.170 e. The van der Waals surface area contributed by atoms with Gasteiger partial charge in [-0.1, -0.05) is 0 Å². The highest BCUT2D eigenvalue weighted by molar-refractivity contribution is 5.71. The van der Waals surface area contributed by atoms with Crippen molar-refractivity contribution in [3.8, 4) is 0 Å². The van der Waals surface area contributed by atoms with Gasteiger partial charge in [-0.25, -0.2) is 17.6 Å². The Labute approximate surface area is 83.0 Å². The summed E-state index contributed by atoms with van der Waals surface area (Å²) in [5.74, 6) is -4.85. The van der Waals surface area contributed by atoms with Gasteiger partial charge in [-0.15, -0.1) is 0 Å². The molecule has 2 rings (SSSR count). The second-order valence-corrected chi connectivity index (χ2v) is 3.10. The smallest absolute Gasteiger partial charge is 0.170 e. The van der Waals surface area contributed by atoms with Crippen molar-refractivity contribution in [3.05, 3.63) is 40.7 Å². The van der Waals surface area contributed by atoms with Gasteiger partial charge in [0.25, 0.3) is 0 Å². The molecule has 1 unspecified atom stereocenters. The van der Waals surface area contributed by atoms with Crippen molar-refractivity contribution in [3.63, 3.8) is 0 Å². The van der Waals surface area contributed by atoms with Crippen LogP contribution in [0.3, 0.4) is 0 Å². The van der Waals surface area contributed by atoms with Crippen molar-refractivity contribution in [1.29, 1.82) is 0 Å². The first-order valence-corrected chi connectivity index (χ1v) is 4.14. The third kappa shape index (κ3) is 1.26. The summed E-state index contributed by atoms with van der Waals surface area (Å²) in [5, 5.41) is 0. The molecule has 0 fully saturated rings. The first-order chi connectivity index (χ1) is 7.07. The van der Waals surface area contributed by atoms with Crippen LogP contribution in [0.15, 0.2) is 18.0 Å². The van der Waals surface area contributed by atoms with E-state index in [9.17, 15) is 17.6 Å². The van der Waals surface area contributed by atoms with Crippen LogP contribution < -0.4 is 0 Å². The van der Waals surface area contributed by atoms with Crippen LogP contribution >= 0.6 is 0 Å². The fourth-order valence-electron chi connectivity index (χ4n) is 1.61. The predicted octanol–water partition coefficient (Wildman–Crippen LogP) is 3.27. The van der Waals surface area contributed by atoms with Crippen LogP contribution in [0.4, 0.5) is 17.6 Å². The fourth-order valence-corrected chi connectivity index (χ4v) is 1.61. The average molecular weight is 218 g/mol. The molecule has 0 saturated heterocycles. The van der Waals surface area contributed by atoms with Crippen molar-refractivity contribution in [2.75, 3.05) is 7.11 Å². The fraction of sp³-hybridized carbons (Fsp3) is 0.200. The Morgan fingerprint density at radius 3 is 2.40 bits per heavy atom. The Bertz CT molecular complexity index is 453. The second kappa shape index (κ2) is 3.34.